The summed E-state index contributed by atoms with van der Waals surface area (Å²) in [5.41, 5.74) is 11.5. The number of aliphatic imine (C=N–C) groups is 1. The highest BCUT2D eigenvalue weighted by molar-refractivity contribution is 7.10. The fourth-order valence-corrected chi connectivity index (χ4v) is 4.10. The molecule has 4 heterocycles. The minimum absolute atomic E-state index is 0.0142. The largest absolute Gasteiger partial charge is 0.379 e. The summed E-state index contributed by atoms with van der Waals surface area (Å²) in [5.74, 6) is 0.493. The molecule has 3 aliphatic rings. The van der Waals surface area contributed by atoms with Crippen molar-refractivity contribution in [1.29, 1.82) is 0 Å². The Hall–Kier alpha value is -1.86. The van der Waals surface area contributed by atoms with Crippen LogP contribution in [-0.2, 0) is 4.74 Å². The number of guanidine groups is 1. The molecule has 6 nitrogen and oxygen atoms in total. The number of fused-ring (bicyclic) bond motifs is 1. The summed E-state index contributed by atoms with van der Waals surface area (Å²) in [4.78, 5) is 12.4. The van der Waals surface area contributed by atoms with Gasteiger partial charge in [-0.2, -0.15) is 0 Å². The van der Waals surface area contributed by atoms with E-state index in [1.165, 1.54) is 16.0 Å². The molecule has 1 aromatic rings. The number of nitrogens with one attached hydrogen (secondary N) is 1. The van der Waals surface area contributed by atoms with Gasteiger partial charge in [0, 0.05) is 31.1 Å². The fraction of sp³-hybridized carbons (Fsp3) is 0.500. The van der Waals surface area contributed by atoms with Crippen LogP contribution in [-0.4, -0.2) is 41.3 Å². The van der Waals surface area contributed by atoms with Gasteiger partial charge in [0.2, 0.25) is 0 Å². The number of hydrogen-bond donors (Lipinski definition) is 2. The lowest BCUT2D eigenvalue weighted by molar-refractivity contribution is 0.0254. The molecule has 3 aliphatic heterocycles. The van der Waals surface area contributed by atoms with Gasteiger partial charge in [-0.25, -0.2) is 4.99 Å². The predicted octanol–water partition coefficient (Wildman–Crippen LogP) is 1.89. The first-order chi connectivity index (χ1) is 11.2. The van der Waals surface area contributed by atoms with Crippen molar-refractivity contribution >= 4 is 22.9 Å². The Kier molecular flexibility index (Phi) is 3.82. The minimum Gasteiger partial charge on any atom is -0.379 e. The molecule has 1 aromatic heterocycles. The van der Waals surface area contributed by atoms with E-state index < -0.39 is 0 Å². The SMILES string of the molecule is CC1=C2CC(c3cncs3)=CN(C3CCCOC3)C2N=C(N)N1. The molecule has 0 aromatic carbocycles. The Labute approximate surface area is 139 Å². The molecule has 0 spiro atoms. The maximum absolute atomic E-state index is 5.97. The lowest BCUT2D eigenvalue weighted by Gasteiger charge is -2.43. The van der Waals surface area contributed by atoms with Gasteiger partial charge in [0.25, 0.3) is 0 Å². The van der Waals surface area contributed by atoms with E-state index in [-0.39, 0.29) is 6.17 Å². The second-order valence-electron chi connectivity index (χ2n) is 6.18. The van der Waals surface area contributed by atoms with Crippen molar-refractivity contribution in [3.05, 3.63) is 34.1 Å². The molecule has 23 heavy (non-hydrogen) atoms. The van der Waals surface area contributed by atoms with Crippen LogP contribution in [0, 0.1) is 0 Å². The van der Waals surface area contributed by atoms with E-state index in [1.807, 2.05) is 11.7 Å². The van der Waals surface area contributed by atoms with Crippen molar-refractivity contribution in [2.75, 3.05) is 13.2 Å². The second kappa shape index (κ2) is 5.98. The van der Waals surface area contributed by atoms with Gasteiger partial charge in [-0.3, -0.25) is 4.98 Å². The lowest BCUT2D eigenvalue weighted by Crippen LogP contribution is -2.50. The van der Waals surface area contributed by atoms with Crippen LogP contribution in [0.15, 0.2) is 34.2 Å². The standard InChI is InChI=1S/C16H21N5OS/c1-10-13-5-11(14-6-18-9-23-14)7-21(12-3-2-4-22-8-12)15(13)20-16(17)19-10/h6-7,9,12,15H,2-5,8H2,1H3,(H3,17,19,20). The van der Waals surface area contributed by atoms with E-state index in [4.69, 9.17) is 10.5 Å². The quantitative estimate of drug-likeness (QED) is 0.865. The number of allylic oxidation sites excluding steroid dienone is 2. The molecular weight excluding hydrogens is 310 g/mol. The normalized spacial score (nSPS) is 28.0. The van der Waals surface area contributed by atoms with Crippen LogP contribution >= 0.6 is 11.3 Å². The number of rotatable bonds is 2. The smallest absolute Gasteiger partial charge is 0.195 e. The zero-order chi connectivity index (χ0) is 15.8. The Morgan fingerprint density at radius 1 is 1.48 bits per heavy atom. The number of nitrogens with zero attached hydrogens (tertiary/aromatic N) is 3. The van der Waals surface area contributed by atoms with E-state index in [1.54, 1.807) is 11.3 Å². The highest BCUT2D eigenvalue weighted by Crippen LogP contribution is 2.38. The van der Waals surface area contributed by atoms with E-state index in [0.29, 0.717) is 12.0 Å². The van der Waals surface area contributed by atoms with Gasteiger partial charge in [0.05, 0.1) is 23.0 Å². The Balaban J connectivity index is 1.75. The van der Waals surface area contributed by atoms with E-state index in [9.17, 15) is 0 Å². The molecule has 0 aliphatic carbocycles. The molecule has 7 heteroatoms. The molecular formula is C16H21N5OS. The third-order valence-corrected chi connectivity index (χ3v) is 5.49. The molecule has 0 bridgehead atoms. The summed E-state index contributed by atoms with van der Waals surface area (Å²) in [7, 11) is 0. The number of nitrogens with two attached hydrogens (primary N) is 1. The van der Waals surface area contributed by atoms with E-state index >= 15 is 0 Å². The van der Waals surface area contributed by atoms with E-state index in [2.05, 4.69) is 33.3 Å². The van der Waals surface area contributed by atoms with Crippen LogP contribution < -0.4 is 11.1 Å². The van der Waals surface area contributed by atoms with Crippen molar-refractivity contribution < 1.29 is 4.74 Å². The number of thiazole rings is 1. The highest BCUT2D eigenvalue weighted by atomic mass is 32.1. The molecule has 1 fully saturated rings. The van der Waals surface area contributed by atoms with Crippen LogP contribution in [0.2, 0.25) is 0 Å². The summed E-state index contributed by atoms with van der Waals surface area (Å²) >= 11 is 1.68. The van der Waals surface area contributed by atoms with Crippen LogP contribution in [0.1, 0.15) is 31.1 Å². The van der Waals surface area contributed by atoms with Crippen LogP contribution in [0.5, 0.6) is 0 Å². The molecule has 0 amide bonds. The van der Waals surface area contributed by atoms with Gasteiger partial charge in [-0.15, -0.1) is 11.3 Å². The minimum atomic E-state index is -0.0142. The third kappa shape index (κ3) is 2.74. The molecule has 2 atom stereocenters. The average molecular weight is 331 g/mol. The third-order valence-electron chi connectivity index (χ3n) is 4.65. The van der Waals surface area contributed by atoms with Gasteiger partial charge in [-0.1, -0.05) is 0 Å². The second-order valence-corrected chi connectivity index (χ2v) is 7.06. The average Bonchev–Trinajstić information content (AvgIpc) is 3.09. The highest BCUT2D eigenvalue weighted by Gasteiger charge is 2.35. The Morgan fingerprint density at radius 2 is 2.39 bits per heavy atom. The topological polar surface area (TPSA) is 75.8 Å². The van der Waals surface area contributed by atoms with Crippen molar-refractivity contribution in [1.82, 2.24) is 15.2 Å². The zero-order valence-corrected chi connectivity index (χ0v) is 14.0. The molecule has 0 saturated carbocycles. The summed E-state index contributed by atoms with van der Waals surface area (Å²) in [6.07, 6.45) is 7.27. The maximum Gasteiger partial charge on any atom is 0.195 e. The molecule has 3 N–H and O–H groups in total. The molecule has 0 radical (unpaired) electrons. The number of hydrogen-bond acceptors (Lipinski definition) is 7. The zero-order valence-electron chi connectivity index (χ0n) is 13.2. The summed E-state index contributed by atoms with van der Waals surface area (Å²) in [6.45, 7) is 3.68. The van der Waals surface area contributed by atoms with Gasteiger partial charge >= 0.3 is 0 Å². The first-order valence-corrected chi connectivity index (χ1v) is 8.85. The van der Waals surface area contributed by atoms with Gasteiger partial charge in [0.1, 0.15) is 6.17 Å². The van der Waals surface area contributed by atoms with Crippen molar-refractivity contribution in [3.8, 4) is 0 Å². The Bertz CT molecular complexity index is 673. The van der Waals surface area contributed by atoms with Crippen molar-refractivity contribution in [2.45, 2.75) is 38.4 Å². The van der Waals surface area contributed by atoms with Crippen LogP contribution in [0.3, 0.4) is 0 Å². The summed E-state index contributed by atoms with van der Waals surface area (Å²) < 4.78 is 5.70. The van der Waals surface area contributed by atoms with Gasteiger partial charge < -0.3 is 20.7 Å². The first-order valence-electron chi connectivity index (χ1n) is 7.97. The summed E-state index contributed by atoms with van der Waals surface area (Å²) in [6, 6.07) is 0.342. The van der Waals surface area contributed by atoms with Gasteiger partial charge in [-0.05, 0) is 30.9 Å². The molecule has 4 rings (SSSR count). The summed E-state index contributed by atoms with van der Waals surface area (Å²) in [5, 5.41) is 3.18. The van der Waals surface area contributed by atoms with Crippen molar-refractivity contribution in [3.63, 3.8) is 0 Å². The molecule has 1 saturated heterocycles. The lowest BCUT2D eigenvalue weighted by atomic mass is 9.93. The van der Waals surface area contributed by atoms with Crippen LogP contribution in [0.4, 0.5) is 0 Å². The fourth-order valence-electron chi connectivity index (χ4n) is 3.47. The van der Waals surface area contributed by atoms with Crippen molar-refractivity contribution in [2.24, 2.45) is 10.7 Å². The maximum atomic E-state index is 5.97. The molecule has 122 valence electrons. The number of ether oxygens (including phenoxy) is 1. The first kappa shape index (κ1) is 14.7. The monoisotopic (exact) mass is 331 g/mol. The van der Waals surface area contributed by atoms with Gasteiger partial charge in [0.15, 0.2) is 5.96 Å². The Morgan fingerprint density at radius 3 is 3.13 bits per heavy atom. The number of aromatic nitrogens is 1. The molecule has 2 unspecified atom stereocenters. The predicted molar refractivity (Wildman–Crippen MR) is 91.6 cm³/mol. The van der Waals surface area contributed by atoms with Crippen LogP contribution in [0.25, 0.3) is 5.57 Å². The van der Waals surface area contributed by atoms with E-state index in [0.717, 1.165) is 38.2 Å².